The van der Waals surface area contributed by atoms with Gasteiger partial charge in [-0.05, 0) is 39.8 Å². The molecular formula is C15H20N2O4. The molecule has 0 aromatic heterocycles. The van der Waals surface area contributed by atoms with Gasteiger partial charge in [-0.2, -0.15) is 0 Å². The van der Waals surface area contributed by atoms with Crippen LogP contribution in [0.15, 0.2) is 18.2 Å². The minimum Gasteiger partial charge on any atom is -0.449 e. The summed E-state index contributed by atoms with van der Waals surface area (Å²) in [6, 6.07) is 4.69. The second-order valence-corrected chi connectivity index (χ2v) is 4.77. The van der Waals surface area contributed by atoms with E-state index in [9.17, 15) is 14.4 Å². The van der Waals surface area contributed by atoms with Crippen molar-refractivity contribution in [3.63, 3.8) is 0 Å². The van der Waals surface area contributed by atoms with Crippen molar-refractivity contribution in [2.75, 3.05) is 6.54 Å². The van der Waals surface area contributed by atoms with Gasteiger partial charge in [-0.15, -0.1) is 0 Å². The van der Waals surface area contributed by atoms with Crippen molar-refractivity contribution in [2.45, 2.75) is 33.8 Å². The third kappa shape index (κ3) is 5.25. The Kier molecular flexibility index (Phi) is 5.90. The predicted octanol–water partition coefficient (Wildman–Crippen LogP) is 1.69. The summed E-state index contributed by atoms with van der Waals surface area (Å²) in [5.74, 6) is -1.26. The Morgan fingerprint density at radius 2 is 1.71 bits per heavy atom. The molecule has 1 rings (SSSR count). The van der Waals surface area contributed by atoms with Crippen LogP contribution >= 0.6 is 0 Å². The Morgan fingerprint density at radius 3 is 2.24 bits per heavy atom. The van der Waals surface area contributed by atoms with Crippen LogP contribution in [0.25, 0.3) is 0 Å². The number of rotatable bonds is 4. The average Bonchev–Trinajstić information content (AvgIpc) is 2.37. The highest BCUT2D eigenvalue weighted by Crippen LogP contribution is 2.11. The SMILES string of the molecule is CCNC(=O)NC(=O)C(C)OC(=O)c1cc(C)cc(C)c1. The van der Waals surface area contributed by atoms with Gasteiger partial charge in [0.15, 0.2) is 6.10 Å². The van der Waals surface area contributed by atoms with E-state index in [1.807, 2.05) is 19.9 Å². The first-order chi connectivity index (χ1) is 9.83. The van der Waals surface area contributed by atoms with Gasteiger partial charge in [0.25, 0.3) is 5.91 Å². The lowest BCUT2D eigenvalue weighted by Gasteiger charge is -2.13. The maximum Gasteiger partial charge on any atom is 0.338 e. The number of urea groups is 1. The van der Waals surface area contributed by atoms with Gasteiger partial charge < -0.3 is 10.1 Å². The van der Waals surface area contributed by atoms with Crippen LogP contribution in [-0.2, 0) is 9.53 Å². The highest BCUT2D eigenvalue weighted by atomic mass is 16.5. The van der Waals surface area contributed by atoms with Crippen molar-refractivity contribution in [1.29, 1.82) is 0 Å². The van der Waals surface area contributed by atoms with E-state index in [2.05, 4.69) is 10.6 Å². The summed E-state index contributed by atoms with van der Waals surface area (Å²) in [7, 11) is 0. The molecule has 0 aliphatic carbocycles. The smallest absolute Gasteiger partial charge is 0.338 e. The molecule has 1 unspecified atom stereocenters. The van der Waals surface area contributed by atoms with E-state index in [1.54, 1.807) is 19.1 Å². The van der Waals surface area contributed by atoms with Gasteiger partial charge >= 0.3 is 12.0 Å². The van der Waals surface area contributed by atoms with Gasteiger partial charge in [0, 0.05) is 6.54 Å². The zero-order valence-corrected chi connectivity index (χ0v) is 12.6. The number of aryl methyl sites for hydroxylation is 2. The van der Waals surface area contributed by atoms with Crippen molar-refractivity contribution < 1.29 is 19.1 Å². The minimum atomic E-state index is -1.05. The molecule has 6 nitrogen and oxygen atoms in total. The summed E-state index contributed by atoms with van der Waals surface area (Å²) >= 11 is 0. The number of hydrogen-bond acceptors (Lipinski definition) is 4. The lowest BCUT2D eigenvalue weighted by atomic mass is 10.1. The Morgan fingerprint density at radius 1 is 1.14 bits per heavy atom. The first kappa shape index (κ1) is 16.7. The second-order valence-electron chi connectivity index (χ2n) is 4.77. The molecule has 0 spiro atoms. The number of imide groups is 1. The number of amides is 3. The number of hydrogen-bond donors (Lipinski definition) is 2. The summed E-state index contributed by atoms with van der Waals surface area (Å²) in [6.07, 6.45) is -1.05. The van der Waals surface area contributed by atoms with E-state index in [0.29, 0.717) is 12.1 Å². The third-order valence-corrected chi connectivity index (χ3v) is 2.68. The Labute approximate surface area is 123 Å². The van der Waals surface area contributed by atoms with E-state index in [4.69, 9.17) is 4.74 Å². The van der Waals surface area contributed by atoms with Crippen molar-refractivity contribution in [2.24, 2.45) is 0 Å². The van der Waals surface area contributed by atoms with Crippen molar-refractivity contribution >= 4 is 17.9 Å². The van der Waals surface area contributed by atoms with Crippen molar-refractivity contribution in [3.8, 4) is 0 Å². The number of nitrogens with one attached hydrogen (secondary N) is 2. The average molecular weight is 292 g/mol. The van der Waals surface area contributed by atoms with E-state index < -0.39 is 24.0 Å². The number of carbonyl (C=O) groups is 3. The Balaban J connectivity index is 2.65. The topological polar surface area (TPSA) is 84.5 Å². The Bertz CT molecular complexity index is 534. The van der Waals surface area contributed by atoms with Gasteiger partial charge in [0.05, 0.1) is 5.56 Å². The predicted molar refractivity (Wildman–Crippen MR) is 78.0 cm³/mol. The van der Waals surface area contributed by atoms with Crippen LogP contribution in [-0.4, -0.2) is 30.6 Å². The maximum atomic E-state index is 12.0. The van der Waals surface area contributed by atoms with Crippen LogP contribution in [0.4, 0.5) is 4.79 Å². The van der Waals surface area contributed by atoms with Crippen LogP contribution < -0.4 is 10.6 Å². The fourth-order valence-corrected chi connectivity index (χ4v) is 1.79. The van der Waals surface area contributed by atoms with Crippen molar-refractivity contribution in [3.05, 3.63) is 34.9 Å². The molecule has 0 fully saturated rings. The molecule has 0 aliphatic rings. The van der Waals surface area contributed by atoms with Gasteiger partial charge in [-0.1, -0.05) is 17.2 Å². The molecule has 114 valence electrons. The normalized spacial score (nSPS) is 11.4. The molecule has 0 saturated heterocycles. The van der Waals surface area contributed by atoms with Crippen molar-refractivity contribution in [1.82, 2.24) is 10.6 Å². The van der Waals surface area contributed by atoms with Crippen LogP contribution in [0, 0.1) is 13.8 Å². The summed E-state index contributed by atoms with van der Waals surface area (Å²) in [5.41, 5.74) is 2.24. The molecule has 1 atom stereocenters. The molecule has 1 aromatic rings. The van der Waals surface area contributed by atoms with E-state index in [0.717, 1.165) is 11.1 Å². The van der Waals surface area contributed by atoms with Gasteiger partial charge in [-0.25, -0.2) is 9.59 Å². The zero-order chi connectivity index (χ0) is 16.0. The van der Waals surface area contributed by atoms with E-state index >= 15 is 0 Å². The van der Waals surface area contributed by atoms with Gasteiger partial charge in [0.1, 0.15) is 0 Å². The standard InChI is InChI=1S/C15H20N2O4/c1-5-16-15(20)17-13(18)11(4)21-14(19)12-7-9(2)6-10(3)8-12/h6-8,11H,5H2,1-4H3,(H2,16,17,18,20). The van der Waals surface area contributed by atoms with Crippen LogP contribution in [0.2, 0.25) is 0 Å². The Hall–Kier alpha value is -2.37. The molecule has 0 bridgehead atoms. The zero-order valence-electron chi connectivity index (χ0n) is 12.6. The minimum absolute atomic E-state index is 0.380. The largest absolute Gasteiger partial charge is 0.449 e. The van der Waals surface area contributed by atoms with Crippen LogP contribution in [0.3, 0.4) is 0 Å². The maximum absolute atomic E-state index is 12.0. The number of esters is 1. The third-order valence-electron chi connectivity index (χ3n) is 2.68. The molecule has 0 aliphatic heterocycles. The first-order valence-electron chi connectivity index (χ1n) is 6.71. The molecule has 6 heteroatoms. The molecule has 3 amide bonds. The lowest BCUT2D eigenvalue weighted by molar-refractivity contribution is -0.127. The number of benzene rings is 1. The van der Waals surface area contributed by atoms with Gasteiger partial charge in [0.2, 0.25) is 0 Å². The second kappa shape index (κ2) is 7.42. The number of ether oxygens (including phenoxy) is 1. The summed E-state index contributed by atoms with van der Waals surface area (Å²) in [5, 5.41) is 4.51. The summed E-state index contributed by atoms with van der Waals surface area (Å²) in [6.45, 7) is 7.28. The van der Waals surface area contributed by atoms with E-state index in [-0.39, 0.29) is 0 Å². The molecule has 21 heavy (non-hydrogen) atoms. The molecule has 0 saturated carbocycles. The quantitative estimate of drug-likeness (QED) is 0.827. The molecule has 1 aromatic carbocycles. The summed E-state index contributed by atoms with van der Waals surface area (Å²) in [4.78, 5) is 34.9. The van der Waals surface area contributed by atoms with Crippen LogP contribution in [0.1, 0.15) is 35.3 Å². The highest BCUT2D eigenvalue weighted by molar-refractivity contribution is 5.98. The first-order valence-corrected chi connectivity index (χ1v) is 6.71. The fourth-order valence-electron chi connectivity index (χ4n) is 1.79. The molecule has 0 radical (unpaired) electrons. The molecule has 2 N–H and O–H groups in total. The summed E-state index contributed by atoms with van der Waals surface area (Å²) < 4.78 is 5.06. The fraction of sp³-hybridized carbons (Fsp3) is 0.400. The highest BCUT2D eigenvalue weighted by Gasteiger charge is 2.20. The lowest BCUT2D eigenvalue weighted by Crippen LogP contribution is -2.44. The van der Waals surface area contributed by atoms with Crippen LogP contribution in [0.5, 0.6) is 0 Å². The molecular weight excluding hydrogens is 272 g/mol. The van der Waals surface area contributed by atoms with E-state index in [1.165, 1.54) is 6.92 Å². The molecule has 0 heterocycles. The van der Waals surface area contributed by atoms with Gasteiger partial charge in [-0.3, -0.25) is 10.1 Å². The number of carbonyl (C=O) groups excluding carboxylic acids is 3. The monoisotopic (exact) mass is 292 g/mol.